The standard InChI is InChI=1S/C12H20N2O5/c1-7-9(3-4-19-7)13-12(17)14-6-8(18-2)5-10(14)11(15)16/h7-10H,3-6H2,1-2H3,(H,13,17)(H,15,16). The highest BCUT2D eigenvalue weighted by Crippen LogP contribution is 2.21. The highest BCUT2D eigenvalue weighted by atomic mass is 16.5. The predicted octanol–water partition coefficient (Wildman–Crippen LogP) is 0.0473. The first-order chi connectivity index (χ1) is 9.02. The third-order valence-electron chi connectivity index (χ3n) is 3.83. The predicted molar refractivity (Wildman–Crippen MR) is 65.9 cm³/mol. The van der Waals surface area contributed by atoms with E-state index in [1.165, 1.54) is 12.0 Å². The molecule has 7 nitrogen and oxygen atoms in total. The van der Waals surface area contributed by atoms with Gasteiger partial charge in [0.05, 0.1) is 18.2 Å². The molecule has 2 aliphatic heterocycles. The fourth-order valence-electron chi connectivity index (χ4n) is 2.59. The number of nitrogens with zero attached hydrogens (tertiary/aromatic N) is 1. The molecule has 0 saturated carbocycles. The molecule has 0 aromatic carbocycles. The molecule has 0 aliphatic carbocycles. The van der Waals surface area contributed by atoms with Gasteiger partial charge in [-0.05, 0) is 13.3 Å². The van der Waals surface area contributed by atoms with Crippen molar-refractivity contribution in [3.8, 4) is 0 Å². The van der Waals surface area contributed by atoms with E-state index in [0.717, 1.165) is 6.42 Å². The highest BCUT2D eigenvalue weighted by Gasteiger charge is 2.41. The summed E-state index contributed by atoms with van der Waals surface area (Å²) in [4.78, 5) is 24.7. The fourth-order valence-corrected chi connectivity index (χ4v) is 2.59. The average molecular weight is 272 g/mol. The Morgan fingerprint density at radius 3 is 2.74 bits per heavy atom. The van der Waals surface area contributed by atoms with Crippen LogP contribution in [-0.2, 0) is 14.3 Å². The Balaban J connectivity index is 1.98. The molecule has 4 atom stereocenters. The zero-order valence-corrected chi connectivity index (χ0v) is 11.2. The third-order valence-corrected chi connectivity index (χ3v) is 3.83. The number of carboxylic acids is 1. The van der Waals surface area contributed by atoms with Crippen molar-refractivity contribution in [2.24, 2.45) is 0 Å². The second-order valence-electron chi connectivity index (χ2n) is 5.02. The Morgan fingerprint density at radius 2 is 2.21 bits per heavy atom. The lowest BCUT2D eigenvalue weighted by molar-refractivity contribution is -0.141. The van der Waals surface area contributed by atoms with Gasteiger partial charge in [0.2, 0.25) is 0 Å². The number of urea groups is 1. The molecule has 2 rings (SSSR count). The number of rotatable bonds is 3. The van der Waals surface area contributed by atoms with Crippen LogP contribution in [0.15, 0.2) is 0 Å². The van der Waals surface area contributed by atoms with Gasteiger partial charge in [0.1, 0.15) is 6.04 Å². The monoisotopic (exact) mass is 272 g/mol. The minimum atomic E-state index is -0.995. The number of carbonyl (C=O) groups excluding carboxylic acids is 1. The van der Waals surface area contributed by atoms with Crippen LogP contribution in [0.4, 0.5) is 4.79 Å². The second-order valence-corrected chi connectivity index (χ2v) is 5.02. The van der Waals surface area contributed by atoms with E-state index in [-0.39, 0.29) is 24.3 Å². The minimum absolute atomic E-state index is 0.0342. The van der Waals surface area contributed by atoms with Crippen LogP contribution < -0.4 is 5.32 Å². The van der Waals surface area contributed by atoms with Crippen molar-refractivity contribution in [2.45, 2.75) is 44.1 Å². The molecule has 4 unspecified atom stereocenters. The summed E-state index contributed by atoms with van der Waals surface area (Å²) in [6, 6.07) is -1.22. The second kappa shape index (κ2) is 5.75. The first-order valence-electron chi connectivity index (χ1n) is 6.47. The lowest BCUT2D eigenvalue weighted by Gasteiger charge is -2.25. The number of methoxy groups -OCH3 is 1. The Bertz CT molecular complexity index is 362. The van der Waals surface area contributed by atoms with Crippen molar-refractivity contribution in [3.05, 3.63) is 0 Å². The van der Waals surface area contributed by atoms with Crippen LogP contribution in [0.25, 0.3) is 0 Å². The summed E-state index contributed by atoms with van der Waals surface area (Å²) < 4.78 is 10.5. The molecule has 0 aromatic heterocycles. The summed E-state index contributed by atoms with van der Waals surface area (Å²) in [7, 11) is 1.53. The molecular formula is C12H20N2O5. The molecule has 108 valence electrons. The number of aliphatic carboxylic acids is 1. The van der Waals surface area contributed by atoms with E-state index in [2.05, 4.69) is 5.32 Å². The van der Waals surface area contributed by atoms with E-state index >= 15 is 0 Å². The van der Waals surface area contributed by atoms with Crippen molar-refractivity contribution >= 4 is 12.0 Å². The van der Waals surface area contributed by atoms with Gasteiger partial charge in [0.15, 0.2) is 0 Å². The van der Waals surface area contributed by atoms with Gasteiger partial charge in [-0.25, -0.2) is 9.59 Å². The topological polar surface area (TPSA) is 88.1 Å². The van der Waals surface area contributed by atoms with Crippen LogP contribution in [0, 0.1) is 0 Å². The number of hydrogen-bond acceptors (Lipinski definition) is 4. The lowest BCUT2D eigenvalue weighted by Crippen LogP contribution is -2.50. The number of hydrogen-bond donors (Lipinski definition) is 2. The fraction of sp³-hybridized carbons (Fsp3) is 0.833. The van der Waals surface area contributed by atoms with Crippen LogP contribution in [0.3, 0.4) is 0 Å². The molecule has 0 aromatic rings. The van der Waals surface area contributed by atoms with Gasteiger partial charge in [-0.2, -0.15) is 0 Å². The number of likely N-dealkylation sites (tertiary alicyclic amines) is 1. The first kappa shape index (κ1) is 14.1. The maximum atomic E-state index is 12.2. The first-order valence-corrected chi connectivity index (χ1v) is 6.47. The molecule has 2 fully saturated rings. The van der Waals surface area contributed by atoms with Gasteiger partial charge >= 0.3 is 12.0 Å². The molecule has 2 aliphatic rings. The molecule has 2 N–H and O–H groups in total. The van der Waals surface area contributed by atoms with Crippen molar-refractivity contribution in [1.82, 2.24) is 10.2 Å². The number of ether oxygens (including phenoxy) is 2. The highest BCUT2D eigenvalue weighted by molar-refractivity contribution is 5.83. The summed E-state index contributed by atoms with van der Waals surface area (Å²) >= 11 is 0. The van der Waals surface area contributed by atoms with Crippen LogP contribution in [0.1, 0.15) is 19.8 Å². The maximum absolute atomic E-state index is 12.2. The molecule has 2 heterocycles. The maximum Gasteiger partial charge on any atom is 0.326 e. The van der Waals surface area contributed by atoms with E-state index in [4.69, 9.17) is 14.6 Å². The molecule has 2 saturated heterocycles. The molecular weight excluding hydrogens is 252 g/mol. The van der Waals surface area contributed by atoms with E-state index in [1.807, 2.05) is 6.92 Å². The molecule has 0 spiro atoms. The Kier molecular flexibility index (Phi) is 4.26. The molecule has 0 radical (unpaired) electrons. The van der Waals surface area contributed by atoms with Gasteiger partial charge in [0.25, 0.3) is 0 Å². The number of carboxylic acid groups (broad SMARTS) is 1. The molecule has 0 bridgehead atoms. The average Bonchev–Trinajstić information content (AvgIpc) is 2.96. The summed E-state index contributed by atoms with van der Waals surface area (Å²) in [5.41, 5.74) is 0. The van der Waals surface area contributed by atoms with Crippen molar-refractivity contribution in [2.75, 3.05) is 20.3 Å². The smallest absolute Gasteiger partial charge is 0.326 e. The Hall–Kier alpha value is -1.34. The van der Waals surface area contributed by atoms with E-state index in [1.54, 1.807) is 0 Å². The number of carbonyl (C=O) groups is 2. The summed E-state index contributed by atoms with van der Waals surface area (Å²) in [6.07, 6.45) is 0.833. The van der Waals surface area contributed by atoms with E-state index in [9.17, 15) is 9.59 Å². The van der Waals surface area contributed by atoms with Gasteiger partial charge in [0, 0.05) is 26.7 Å². The van der Waals surface area contributed by atoms with Crippen molar-refractivity contribution in [1.29, 1.82) is 0 Å². The van der Waals surface area contributed by atoms with Crippen LogP contribution in [-0.4, -0.2) is 66.6 Å². The molecule has 19 heavy (non-hydrogen) atoms. The summed E-state index contributed by atoms with van der Waals surface area (Å²) in [5.74, 6) is -0.995. The Morgan fingerprint density at radius 1 is 1.47 bits per heavy atom. The number of nitrogens with one attached hydrogen (secondary N) is 1. The summed E-state index contributed by atoms with van der Waals surface area (Å²) in [6.45, 7) is 2.82. The van der Waals surface area contributed by atoms with Gasteiger partial charge in [-0.15, -0.1) is 0 Å². The zero-order valence-electron chi connectivity index (χ0n) is 11.2. The molecule has 7 heteroatoms. The molecule has 2 amide bonds. The minimum Gasteiger partial charge on any atom is -0.480 e. The van der Waals surface area contributed by atoms with Crippen molar-refractivity contribution < 1.29 is 24.2 Å². The van der Waals surface area contributed by atoms with Crippen LogP contribution >= 0.6 is 0 Å². The normalized spacial score (nSPS) is 34.5. The van der Waals surface area contributed by atoms with Crippen molar-refractivity contribution in [3.63, 3.8) is 0 Å². The lowest BCUT2D eigenvalue weighted by atomic mass is 10.1. The summed E-state index contributed by atoms with van der Waals surface area (Å²) in [5, 5.41) is 12.0. The van der Waals surface area contributed by atoms with Gasteiger partial charge in [-0.3, -0.25) is 0 Å². The van der Waals surface area contributed by atoms with Crippen LogP contribution in [0.2, 0.25) is 0 Å². The third kappa shape index (κ3) is 2.98. The number of amides is 2. The van der Waals surface area contributed by atoms with E-state index < -0.39 is 12.0 Å². The largest absolute Gasteiger partial charge is 0.480 e. The zero-order chi connectivity index (χ0) is 14.0. The van der Waals surface area contributed by atoms with Gasteiger partial charge < -0.3 is 24.8 Å². The van der Waals surface area contributed by atoms with Crippen LogP contribution in [0.5, 0.6) is 0 Å². The van der Waals surface area contributed by atoms with E-state index in [0.29, 0.717) is 19.6 Å². The SMILES string of the molecule is COC1CC(C(=O)O)N(C(=O)NC2CCOC2C)C1. The quantitative estimate of drug-likeness (QED) is 0.757. The van der Waals surface area contributed by atoms with Gasteiger partial charge in [-0.1, -0.05) is 0 Å². The Labute approximate surface area is 111 Å².